The first-order valence-electron chi connectivity index (χ1n) is 6.08. The summed E-state index contributed by atoms with van der Waals surface area (Å²) >= 11 is 5.83. The largest absolute Gasteiger partial charge is 0.497 e. The minimum atomic E-state index is 0.393. The molecule has 1 unspecified atom stereocenters. The average molecular weight is 256 g/mol. The third-order valence-electron chi connectivity index (χ3n) is 3.25. The van der Waals surface area contributed by atoms with Crippen LogP contribution in [-0.4, -0.2) is 31.0 Å². The van der Waals surface area contributed by atoms with Crippen molar-refractivity contribution in [3.63, 3.8) is 0 Å². The number of aryl methyl sites for hydroxylation is 1. The van der Waals surface area contributed by atoms with E-state index in [1.54, 1.807) is 7.11 Å². The second-order valence-corrected chi connectivity index (χ2v) is 4.59. The number of hydrogen-bond acceptors (Lipinski definition) is 2. The topological polar surface area (TPSA) is 12.5 Å². The van der Waals surface area contributed by atoms with Gasteiger partial charge in [-0.25, -0.2) is 0 Å². The van der Waals surface area contributed by atoms with E-state index < -0.39 is 0 Å². The lowest BCUT2D eigenvalue weighted by atomic mass is 10.0. The molecule has 1 aromatic carbocycles. The summed E-state index contributed by atoms with van der Waals surface area (Å²) in [4.78, 5) is 2.38. The molecule has 0 aliphatic heterocycles. The van der Waals surface area contributed by atoms with Crippen molar-refractivity contribution in [3.8, 4) is 5.75 Å². The van der Waals surface area contributed by atoms with E-state index in [1.807, 2.05) is 6.07 Å². The molecule has 1 aromatic rings. The van der Waals surface area contributed by atoms with Crippen molar-refractivity contribution >= 4 is 11.6 Å². The van der Waals surface area contributed by atoms with Gasteiger partial charge in [0.15, 0.2) is 0 Å². The Morgan fingerprint density at radius 3 is 2.59 bits per heavy atom. The monoisotopic (exact) mass is 255 g/mol. The Balaban J connectivity index is 2.90. The standard InChI is InChI=1S/C14H22ClNO/c1-5-16(9-8-15)12(3)14-7-6-13(17-4)10-11(14)2/h6-7,10,12H,5,8-9H2,1-4H3. The third kappa shape index (κ3) is 3.62. The van der Waals surface area contributed by atoms with Gasteiger partial charge in [0.25, 0.3) is 0 Å². The summed E-state index contributed by atoms with van der Waals surface area (Å²) in [6.45, 7) is 8.46. The van der Waals surface area contributed by atoms with Gasteiger partial charge >= 0.3 is 0 Å². The van der Waals surface area contributed by atoms with Crippen molar-refractivity contribution in [2.75, 3.05) is 26.1 Å². The molecule has 0 N–H and O–H groups in total. The molecule has 3 heteroatoms. The van der Waals surface area contributed by atoms with Gasteiger partial charge in [-0.1, -0.05) is 13.0 Å². The van der Waals surface area contributed by atoms with E-state index in [0.717, 1.165) is 18.8 Å². The van der Waals surface area contributed by atoms with Crippen molar-refractivity contribution in [3.05, 3.63) is 29.3 Å². The molecular formula is C14H22ClNO. The van der Waals surface area contributed by atoms with Crippen LogP contribution in [0.2, 0.25) is 0 Å². The highest BCUT2D eigenvalue weighted by molar-refractivity contribution is 6.18. The van der Waals surface area contributed by atoms with Gasteiger partial charge in [-0.05, 0) is 43.7 Å². The van der Waals surface area contributed by atoms with Gasteiger partial charge in [0.2, 0.25) is 0 Å². The van der Waals surface area contributed by atoms with Crippen molar-refractivity contribution in [2.45, 2.75) is 26.8 Å². The summed E-state index contributed by atoms with van der Waals surface area (Å²) in [5, 5.41) is 0. The number of halogens is 1. The lowest BCUT2D eigenvalue weighted by molar-refractivity contribution is 0.235. The molecule has 0 aliphatic rings. The number of benzene rings is 1. The zero-order chi connectivity index (χ0) is 12.8. The number of rotatable bonds is 6. The highest BCUT2D eigenvalue weighted by Gasteiger charge is 2.15. The minimum Gasteiger partial charge on any atom is -0.497 e. The molecule has 0 saturated carbocycles. The second kappa shape index (κ2) is 6.87. The fourth-order valence-corrected chi connectivity index (χ4v) is 2.39. The van der Waals surface area contributed by atoms with Gasteiger partial charge in [0.1, 0.15) is 5.75 Å². The Bertz CT molecular complexity index is 354. The molecule has 0 radical (unpaired) electrons. The fraction of sp³-hybridized carbons (Fsp3) is 0.571. The normalized spacial score (nSPS) is 12.8. The molecule has 0 spiro atoms. The summed E-state index contributed by atoms with van der Waals surface area (Å²) in [6.07, 6.45) is 0. The van der Waals surface area contributed by atoms with Crippen LogP contribution in [0.15, 0.2) is 18.2 Å². The highest BCUT2D eigenvalue weighted by Crippen LogP contribution is 2.26. The van der Waals surface area contributed by atoms with Crippen LogP contribution in [0.1, 0.15) is 31.0 Å². The van der Waals surface area contributed by atoms with E-state index in [4.69, 9.17) is 16.3 Å². The van der Waals surface area contributed by atoms with Crippen LogP contribution in [0.4, 0.5) is 0 Å². The molecule has 0 fully saturated rings. The minimum absolute atomic E-state index is 0.393. The van der Waals surface area contributed by atoms with E-state index in [-0.39, 0.29) is 0 Å². The molecule has 0 bridgehead atoms. The van der Waals surface area contributed by atoms with Gasteiger partial charge in [-0.3, -0.25) is 4.90 Å². The predicted octanol–water partition coefficient (Wildman–Crippen LogP) is 3.63. The lowest BCUT2D eigenvalue weighted by Gasteiger charge is -2.28. The van der Waals surface area contributed by atoms with Crippen LogP contribution in [0.5, 0.6) is 5.75 Å². The maximum absolute atomic E-state index is 5.83. The van der Waals surface area contributed by atoms with Crippen molar-refractivity contribution in [2.24, 2.45) is 0 Å². The summed E-state index contributed by atoms with van der Waals surface area (Å²) in [5.41, 5.74) is 2.61. The molecule has 0 heterocycles. The number of alkyl halides is 1. The van der Waals surface area contributed by atoms with Crippen LogP contribution in [-0.2, 0) is 0 Å². The van der Waals surface area contributed by atoms with E-state index in [1.165, 1.54) is 11.1 Å². The molecule has 0 aromatic heterocycles. The van der Waals surface area contributed by atoms with Crippen molar-refractivity contribution in [1.82, 2.24) is 4.90 Å². The maximum Gasteiger partial charge on any atom is 0.119 e. The molecule has 1 rings (SSSR count). The molecule has 17 heavy (non-hydrogen) atoms. The zero-order valence-corrected chi connectivity index (χ0v) is 11.9. The van der Waals surface area contributed by atoms with Gasteiger partial charge < -0.3 is 4.74 Å². The summed E-state index contributed by atoms with van der Waals surface area (Å²) < 4.78 is 5.23. The number of ether oxygens (including phenoxy) is 1. The summed E-state index contributed by atoms with van der Waals surface area (Å²) in [7, 11) is 1.70. The molecule has 0 aliphatic carbocycles. The van der Waals surface area contributed by atoms with Crippen molar-refractivity contribution in [1.29, 1.82) is 0 Å². The number of hydrogen-bond donors (Lipinski definition) is 0. The van der Waals surface area contributed by atoms with Gasteiger partial charge in [-0.2, -0.15) is 0 Å². The molecule has 0 amide bonds. The lowest BCUT2D eigenvalue weighted by Crippen LogP contribution is -2.29. The van der Waals surface area contributed by atoms with Crippen molar-refractivity contribution < 1.29 is 4.74 Å². The molecule has 2 nitrogen and oxygen atoms in total. The second-order valence-electron chi connectivity index (χ2n) is 4.22. The van der Waals surface area contributed by atoms with Crippen LogP contribution in [0, 0.1) is 6.92 Å². The Morgan fingerprint density at radius 2 is 2.12 bits per heavy atom. The van der Waals surface area contributed by atoms with Crippen LogP contribution >= 0.6 is 11.6 Å². The zero-order valence-electron chi connectivity index (χ0n) is 11.2. The first-order chi connectivity index (χ1) is 8.13. The summed E-state index contributed by atoms with van der Waals surface area (Å²) in [6, 6.07) is 6.65. The van der Waals surface area contributed by atoms with E-state index in [0.29, 0.717) is 11.9 Å². The molecule has 0 saturated heterocycles. The molecular weight excluding hydrogens is 234 g/mol. The Hall–Kier alpha value is -0.730. The van der Waals surface area contributed by atoms with E-state index in [9.17, 15) is 0 Å². The molecule has 96 valence electrons. The van der Waals surface area contributed by atoms with Crippen LogP contribution in [0.3, 0.4) is 0 Å². The van der Waals surface area contributed by atoms with Crippen LogP contribution in [0.25, 0.3) is 0 Å². The van der Waals surface area contributed by atoms with Gasteiger partial charge in [0, 0.05) is 18.5 Å². The van der Waals surface area contributed by atoms with Crippen LogP contribution < -0.4 is 4.74 Å². The first-order valence-corrected chi connectivity index (χ1v) is 6.62. The fourth-order valence-electron chi connectivity index (χ4n) is 2.17. The van der Waals surface area contributed by atoms with E-state index in [2.05, 4.69) is 37.8 Å². The summed E-state index contributed by atoms with van der Waals surface area (Å²) in [5.74, 6) is 1.59. The Kier molecular flexibility index (Phi) is 5.79. The van der Waals surface area contributed by atoms with Gasteiger partial charge in [-0.15, -0.1) is 11.6 Å². The molecule has 1 atom stereocenters. The highest BCUT2D eigenvalue weighted by atomic mass is 35.5. The number of methoxy groups -OCH3 is 1. The Labute approximate surface area is 110 Å². The Morgan fingerprint density at radius 1 is 1.41 bits per heavy atom. The quantitative estimate of drug-likeness (QED) is 0.720. The third-order valence-corrected chi connectivity index (χ3v) is 3.42. The number of nitrogens with zero attached hydrogens (tertiary/aromatic N) is 1. The maximum atomic E-state index is 5.83. The van der Waals surface area contributed by atoms with E-state index >= 15 is 0 Å². The first kappa shape index (κ1) is 14.3. The predicted molar refractivity (Wildman–Crippen MR) is 74.1 cm³/mol. The smallest absolute Gasteiger partial charge is 0.119 e. The average Bonchev–Trinajstić information content (AvgIpc) is 2.35. The SMILES string of the molecule is CCN(CCCl)C(C)c1ccc(OC)cc1C. The van der Waals surface area contributed by atoms with Gasteiger partial charge in [0.05, 0.1) is 7.11 Å².